The van der Waals surface area contributed by atoms with Crippen molar-refractivity contribution in [3.8, 4) is 5.75 Å². The van der Waals surface area contributed by atoms with Crippen LogP contribution < -0.4 is 10.1 Å². The van der Waals surface area contributed by atoms with E-state index in [0.29, 0.717) is 12.0 Å². The summed E-state index contributed by atoms with van der Waals surface area (Å²) in [6.07, 6.45) is 8.34. The molecule has 1 amide bonds. The highest BCUT2D eigenvalue weighted by Crippen LogP contribution is 2.31. The van der Waals surface area contributed by atoms with E-state index in [2.05, 4.69) is 10.2 Å². The minimum absolute atomic E-state index is 0.0248. The Balaban J connectivity index is 1.49. The number of aromatic nitrogens is 1. The Bertz CT molecular complexity index is 796. The lowest BCUT2D eigenvalue weighted by Crippen LogP contribution is -2.51. The highest BCUT2D eigenvalue weighted by molar-refractivity contribution is 6.07. The van der Waals surface area contributed by atoms with Gasteiger partial charge in [0.25, 0.3) is 5.91 Å². The van der Waals surface area contributed by atoms with Crippen molar-refractivity contribution in [1.29, 1.82) is 0 Å². The third kappa shape index (κ3) is 3.20. The molecule has 2 aromatic rings. The van der Waals surface area contributed by atoms with E-state index < -0.39 is 0 Å². The molecule has 2 atom stereocenters. The van der Waals surface area contributed by atoms with Gasteiger partial charge in [-0.2, -0.15) is 0 Å². The molecule has 1 N–H and O–H groups in total. The van der Waals surface area contributed by atoms with Crippen LogP contribution in [0.3, 0.4) is 0 Å². The van der Waals surface area contributed by atoms with Gasteiger partial charge in [-0.05, 0) is 62.9 Å². The van der Waals surface area contributed by atoms with Crippen LogP contribution in [0, 0.1) is 5.92 Å². The van der Waals surface area contributed by atoms with Crippen LogP contribution in [0.15, 0.2) is 24.4 Å². The maximum absolute atomic E-state index is 12.9. The lowest BCUT2D eigenvalue weighted by Gasteiger charge is -2.44. The maximum atomic E-state index is 12.9. The number of rotatable bonds is 4. The van der Waals surface area contributed by atoms with Gasteiger partial charge in [-0.15, -0.1) is 0 Å². The van der Waals surface area contributed by atoms with Gasteiger partial charge in [-0.25, -0.2) is 0 Å². The molecule has 5 nitrogen and oxygen atoms in total. The molecule has 2 saturated heterocycles. The summed E-state index contributed by atoms with van der Waals surface area (Å²) >= 11 is 0. The number of nitrogens with one attached hydrogen (secondary N) is 1. The summed E-state index contributed by atoms with van der Waals surface area (Å²) in [6.45, 7) is 3.25. The monoisotopic (exact) mass is 355 g/mol. The summed E-state index contributed by atoms with van der Waals surface area (Å²) in [5.74, 6) is 1.39. The number of hydrogen-bond donors (Lipinski definition) is 1. The first-order chi connectivity index (χ1) is 12.7. The highest BCUT2D eigenvalue weighted by Gasteiger charge is 2.33. The summed E-state index contributed by atoms with van der Waals surface area (Å²) in [6, 6.07) is 6.55. The smallest absolute Gasteiger partial charge is 0.253 e. The molecule has 0 bridgehead atoms. The normalized spacial score (nSPS) is 23.6. The van der Waals surface area contributed by atoms with Crippen LogP contribution in [-0.4, -0.2) is 48.2 Å². The molecule has 1 aromatic carbocycles. The van der Waals surface area contributed by atoms with Crippen LogP contribution in [0.1, 0.15) is 42.5 Å². The topological polar surface area (TPSA) is 46.5 Å². The average Bonchev–Trinajstić information content (AvgIpc) is 3.02. The summed E-state index contributed by atoms with van der Waals surface area (Å²) in [7, 11) is 3.63. The van der Waals surface area contributed by atoms with Gasteiger partial charge in [0, 0.05) is 36.7 Å². The Hall–Kier alpha value is -2.01. The van der Waals surface area contributed by atoms with E-state index in [1.165, 1.54) is 45.2 Å². The molecule has 1 aromatic heterocycles. The van der Waals surface area contributed by atoms with Gasteiger partial charge < -0.3 is 19.5 Å². The summed E-state index contributed by atoms with van der Waals surface area (Å²) in [5, 5.41) is 4.18. The molecule has 2 fully saturated rings. The highest BCUT2D eigenvalue weighted by atomic mass is 16.5. The largest absolute Gasteiger partial charge is 0.497 e. The van der Waals surface area contributed by atoms with Gasteiger partial charge >= 0.3 is 0 Å². The van der Waals surface area contributed by atoms with Crippen LogP contribution in [0.25, 0.3) is 10.9 Å². The van der Waals surface area contributed by atoms with Gasteiger partial charge in [0.1, 0.15) is 5.75 Å². The van der Waals surface area contributed by atoms with Crippen LogP contribution in [0.2, 0.25) is 0 Å². The molecule has 26 heavy (non-hydrogen) atoms. The number of methoxy groups -OCH3 is 1. The molecule has 2 aliphatic heterocycles. The lowest BCUT2D eigenvalue weighted by atomic mass is 9.83. The first kappa shape index (κ1) is 17.4. The first-order valence-electron chi connectivity index (χ1n) is 9.82. The van der Waals surface area contributed by atoms with Crippen LogP contribution >= 0.6 is 0 Å². The molecule has 3 heterocycles. The molecule has 140 valence electrons. The van der Waals surface area contributed by atoms with Crippen molar-refractivity contribution in [2.75, 3.05) is 26.7 Å². The fourth-order valence-corrected chi connectivity index (χ4v) is 4.81. The Morgan fingerprint density at radius 2 is 2.08 bits per heavy atom. The van der Waals surface area contributed by atoms with Gasteiger partial charge in [-0.3, -0.25) is 4.79 Å². The number of benzene rings is 1. The predicted molar refractivity (Wildman–Crippen MR) is 104 cm³/mol. The van der Waals surface area contributed by atoms with E-state index in [0.717, 1.165) is 28.8 Å². The van der Waals surface area contributed by atoms with Gasteiger partial charge in [0.2, 0.25) is 0 Å². The number of carbonyl (C=O) groups excluding carboxylic acids is 1. The van der Waals surface area contributed by atoms with Crippen molar-refractivity contribution in [2.45, 2.75) is 38.1 Å². The SMILES string of the molecule is COc1ccc2c(c1)c(C(=O)NC[C@H]1CCCN3CCCC[C@H]13)cn2C. The number of aryl methyl sites for hydroxylation is 1. The number of piperidine rings is 2. The minimum atomic E-state index is 0.0248. The second-order valence-corrected chi connectivity index (χ2v) is 7.75. The van der Waals surface area contributed by atoms with E-state index in [1.807, 2.05) is 36.0 Å². The third-order valence-electron chi connectivity index (χ3n) is 6.19. The van der Waals surface area contributed by atoms with E-state index >= 15 is 0 Å². The molecule has 0 spiro atoms. The number of amides is 1. The molecule has 0 saturated carbocycles. The molecule has 5 heteroatoms. The Labute approximate surface area is 155 Å². The molecular formula is C21H29N3O2. The van der Waals surface area contributed by atoms with Crippen LogP contribution in [0.4, 0.5) is 0 Å². The molecule has 0 unspecified atom stereocenters. The number of nitrogens with zero attached hydrogens (tertiary/aromatic N) is 2. The van der Waals surface area contributed by atoms with Crippen molar-refractivity contribution in [3.05, 3.63) is 30.0 Å². The fraction of sp³-hybridized carbons (Fsp3) is 0.571. The van der Waals surface area contributed by atoms with E-state index in [4.69, 9.17) is 4.74 Å². The molecular weight excluding hydrogens is 326 g/mol. The lowest BCUT2D eigenvalue weighted by molar-refractivity contribution is 0.0576. The van der Waals surface area contributed by atoms with Crippen LogP contribution in [-0.2, 0) is 7.05 Å². The second kappa shape index (κ2) is 7.31. The Morgan fingerprint density at radius 3 is 2.92 bits per heavy atom. The number of hydrogen-bond acceptors (Lipinski definition) is 3. The fourth-order valence-electron chi connectivity index (χ4n) is 4.81. The number of ether oxygens (including phenoxy) is 1. The predicted octanol–water partition coefficient (Wildman–Crippen LogP) is 3.18. The maximum Gasteiger partial charge on any atom is 0.253 e. The zero-order chi connectivity index (χ0) is 18.1. The van der Waals surface area contributed by atoms with Crippen molar-refractivity contribution >= 4 is 16.8 Å². The molecule has 0 aliphatic carbocycles. The zero-order valence-electron chi connectivity index (χ0n) is 15.8. The van der Waals surface area contributed by atoms with E-state index in [9.17, 15) is 4.79 Å². The van der Waals surface area contributed by atoms with Gasteiger partial charge in [-0.1, -0.05) is 6.42 Å². The average molecular weight is 355 g/mol. The van der Waals surface area contributed by atoms with Gasteiger partial charge in [0.05, 0.1) is 12.7 Å². The molecule has 4 rings (SSSR count). The number of fused-ring (bicyclic) bond motifs is 2. The second-order valence-electron chi connectivity index (χ2n) is 7.75. The minimum Gasteiger partial charge on any atom is -0.497 e. The summed E-state index contributed by atoms with van der Waals surface area (Å²) in [5.41, 5.74) is 1.78. The van der Waals surface area contributed by atoms with Crippen molar-refractivity contribution in [3.63, 3.8) is 0 Å². The van der Waals surface area contributed by atoms with E-state index in [1.54, 1.807) is 7.11 Å². The van der Waals surface area contributed by atoms with Crippen LogP contribution in [0.5, 0.6) is 5.75 Å². The first-order valence-corrected chi connectivity index (χ1v) is 9.82. The number of carbonyl (C=O) groups is 1. The Kier molecular flexibility index (Phi) is 4.90. The Morgan fingerprint density at radius 1 is 1.23 bits per heavy atom. The van der Waals surface area contributed by atoms with E-state index in [-0.39, 0.29) is 5.91 Å². The van der Waals surface area contributed by atoms with Crippen molar-refractivity contribution < 1.29 is 9.53 Å². The van der Waals surface area contributed by atoms with Gasteiger partial charge in [0.15, 0.2) is 0 Å². The standard InChI is InChI=1S/C21H29N3O2/c1-23-14-18(17-12-16(26-2)8-9-20(17)23)21(25)22-13-15-6-5-11-24-10-4-3-7-19(15)24/h8-9,12,14-15,19H,3-7,10-11,13H2,1-2H3,(H,22,25)/t15-,19-/m1/s1. The quantitative estimate of drug-likeness (QED) is 0.916. The van der Waals surface area contributed by atoms with Crippen molar-refractivity contribution in [1.82, 2.24) is 14.8 Å². The third-order valence-corrected chi connectivity index (χ3v) is 6.19. The zero-order valence-corrected chi connectivity index (χ0v) is 15.8. The molecule has 2 aliphatic rings. The summed E-state index contributed by atoms with van der Waals surface area (Å²) in [4.78, 5) is 15.5. The molecule has 0 radical (unpaired) electrons. The van der Waals surface area contributed by atoms with Crippen molar-refractivity contribution in [2.24, 2.45) is 13.0 Å². The summed E-state index contributed by atoms with van der Waals surface area (Å²) < 4.78 is 7.34.